The Morgan fingerprint density at radius 1 is 1.53 bits per heavy atom. The number of amides is 1. The Hall–Kier alpha value is -1.36. The van der Waals surface area contributed by atoms with Gasteiger partial charge in [-0.15, -0.1) is 0 Å². The molecule has 1 fully saturated rings. The Morgan fingerprint density at radius 3 is 3.00 bits per heavy atom. The second-order valence-electron chi connectivity index (χ2n) is 5.09. The highest BCUT2D eigenvalue weighted by Gasteiger charge is 2.32. The van der Waals surface area contributed by atoms with Crippen molar-refractivity contribution in [3.05, 3.63) is 18.7 Å². The Balaban J connectivity index is 1.90. The van der Waals surface area contributed by atoms with Gasteiger partial charge in [-0.25, -0.2) is 4.98 Å². The van der Waals surface area contributed by atoms with Crippen LogP contribution in [0, 0.1) is 0 Å². The van der Waals surface area contributed by atoms with Crippen LogP contribution in [0.1, 0.15) is 20.3 Å². The Kier molecular flexibility index (Phi) is 3.47. The third-order valence-electron chi connectivity index (χ3n) is 3.24. The predicted octanol–water partition coefficient (Wildman–Crippen LogP) is 0.484. The highest BCUT2D eigenvalue weighted by Crippen LogP contribution is 2.17. The van der Waals surface area contributed by atoms with Gasteiger partial charge in [-0.1, -0.05) is 0 Å². The van der Waals surface area contributed by atoms with Crippen molar-refractivity contribution in [3.8, 4) is 0 Å². The molecule has 0 aliphatic carbocycles. The molecule has 1 aromatic heterocycles. The number of piperazine rings is 1. The molecule has 0 radical (unpaired) electrons. The van der Waals surface area contributed by atoms with Crippen LogP contribution in [0.3, 0.4) is 0 Å². The minimum Gasteiger partial charge on any atom is -0.337 e. The van der Waals surface area contributed by atoms with E-state index in [9.17, 15) is 4.79 Å². The lowest BCUT2D eigenvalue weighted by atomic mass is 9.99. The lowest BCUT2D eigenvalue weighted by molar-refractivity contribution is -0.137. The zero-order valence-electron chi connectivity index (χ0n) is 10.5. The van der Waals surface area contributed by atoms with Gasteiger partial charge in [0.1, 0.15) is 0 Å². The van der Waals surface area contributed by atoms with Crippen molar-refractivity contribution in [1.29, 1.82) is 0 Å². The van der Waals surface area contributed by atoms with Gasteiger partial charge >= 0.3 is 0 Å². The lowest BCUT2D eigenvalue weighted by Gasteiger charge is -2.43. The van der Waals surface area contributed by atoms with Crippen LogP contribution in [-0.4, -0.2) is 45.5 Å². The molecule has 1 aliphatic heterocycles. The smallest absolute Gasteiger partial charge is 0.224 e. The molecule has 1 N–H and O–H groups in total. The molecule has 1 aliphatic rings. The van der Waals surface area contributed by atoms with Crippen molar-refractivity contribution in [3.63, 3.8) is 0 Å². The van der Waals surface area contributed by atoms with E-state index in [0.717, 1.165) is 19.6 Å². The number of imidazole rings is 1. The summed E-state index contributed by atoms with van der Waals surface area (Å²) in [6, 6.07) is 0. The maximum Gasteiger partial charge on any atom is 0.224 e. The molecule has 0 unspecified atom stereocenters. The van der Waals surface area contributed by atoms with E-state index in [4.69, 9.17) is 0 Å². The summed E-state index contributed by atoms with van der Waals surface area (Å²) in [4.78, 5) is 18.1. The summed E-state index contributed by atoms with van der Waals surface area (Å²) in [6.45, 7) is 7.47. The molecule has 5 heteroatoms. The molecule has 5 nitrogen and oxygen atoms in total. The number of carbonyl (C=O) groups excluding carboxylic acids is 1. The normalized spacial score (nSPS) is 19.3. The summed E-state index contributed by atoms with van der Waals surface area (Å²) in [5.74, 6) is 0.227. The molecule has 0 aromatic carbocycles. The number of hydrogen-bond donors (Lipinski definition) is 1. The summed E-state index contributed by atoms with van der Waals surface area (Å²) >= 11 is 0. The van der Waals surface area contributed by atoms with E-state index in [1.54, 1.807) is 12.5 Å². The van der Waals surface area contributed by atoms with Crippen LogP contribution in [0.25, 0.3) is 0 Å². The summed E-state index contributed by atoms with van der Waals surface area (Å²) < 4.78 is 1.94. The fourth-order valence-electron chi connectivity index (χ4n) is 2.22. The molecule has 1 aromatic rings. The van der Waals surface area contributed by atoms with E-state index >= 15 is 0 Å². The van der Waals surface area contributed by atoms with Crippen molar-refractivity contribution in [1.82, 2.24) is 19.8 Å². The Labute approximate surface area is 102 Å². The summed E-state index contributed by atoms with van der Waals surface area (Å²) in [5, 5.41) is 3.32. The molecule has 2 heterocycles. The van der Waals surface area contributed by atoms with E-state index < -0.39 is 0 Å². The number of hydrogen-bond acceptors (Lipinski definition) is 3. The summed E-state index contributed by atoms with van der Waals surface area (Å²) in [6.07, 6.45) is 5.91. The Morgan fingerprint density at radius 2 is 2.35 bits per heavy atom. The van der Waals surface area contributed by atoms with Gasteiger partial charge in [0.2, 0.25) is 5.91 Å². The van der Waals surface area contributed by atoms with Crippen LogP contribution in [-0.2, 0) is 11.3 Å². The number of carbonyl (C=O) groups is 1. The largest absolute Gasteiger partial charge is 0.337 e. The van der Waals surface area contributed by atoms with Crippen molar-refractivity contribution in [2.75, 3.05) is 19.6 Å². The minimum absolute atomic E-state index is 0.0791. The van der Waals surface area contributed by atoms with Crippen molar-refractivity contribution in [2.45, 2.75) is 32.4 Å². The maximum absolute atomic E-state index is 12.2. The molecule has 0 atom stereocenters. The van der Waals surface area contributed by atoms with E-state index in [1.807, 2.05) is 15.7 Å². The molecular weight excluding hydrogens is 216 g/mol. The molecule has 0 spiro atoms. The SMILES string of the molecule is CC1(C)CNCCN1C(=O)CCn1ccnc1. The fourth-order valence-corrected chi connectivity index (χ4v) is 2.22. The van der Waals surface area contributed by atoms with Crippen molar-refractivity contribution >= 4 is 5.91 Å². The number of aryl methyl sites for hydroxylation is 1. The highest BCUT2D eigenvalue weighted by molar-refractivity contribution is 5.77. The van der Waals surface area contributed by atoms with Gasteiger partial charge in [0, 0.05) is 50.5 Å². The van der Waals surface area contributed by atoms with Crippen LogP contribution in [0.5, 0.6) is 0 Å². The molecule has 1 amide bonds. The van der Waals surface area contributed by atoms with Gasteiger partial charge in [0.05, 0.1) is 6.33 Å². The fraction of sp³-hybridized carbons (Fsp3) is 0.667. The van der Waals surface area contributed by atoms with Gasteiger partial charge in [-0.05, 0) is 13.8 Å². The van der Waals surface area contributed by atoms with E-state index in [2.05, 4.69) is 24.1 Å². The van der Waals surface area contributed by atoms with Crippen LogP contribution >= 0.6 is 0 Å². The maximum atomic E-state index is 12.2. The number of nitrogens with zero attached hydrogens (tertiary/aromatic N) is 3. The van der Waals surface area contributed by atoms with Gasteiger partial charge in [0.25, 0.3) is 0 Å². The van der Waals surface area contributed by atoms with Crippen LogP contribution in [0.4, 0.5) is 0 Å². The minimum atomic E-state index is -0.0791. The molecule has 0 bridgehead atoms. The van der Waals surface area contributed by atoms with Gasteiger partial charge < -0.3 is 14.8 Å². The second kappa shape index (κ2) is 4.87. The van der Waals surface area contributed by atoms with E-state index in [0.29, 0.717) is 13.0 Å². The Bertz CT molecular complexity index is 372. The topological polar surface area (TPSA) is 50.2 Å². The summed E-state index contributed by atoms with van der Waals surface area (Å²) in [7, 11) is 0. The first kappa shape index (κ1) is 12.1. The zero-order chi connectivity index (χ0) is 12.3. The molecule has 2 rings (SSSR count). The highest BCUT2D eigenvalue weighted by atomic mass is 16.2. The van der Waals surface area contributed by atoms with Gasteiger partial charge in [0.15, 0.2) is 0 Å². The average Bonchev–Trinajstić information content (AvgIpc) is 2.78. The molecule has 0 saturated carbocycles. The van der Waals surface area contributed by atoms with Crippen LogP contribution in [0.15, 0.2) is 18.7 Å². The monoisotopic (exact) mass is 236 g/mol. The second-order valence-corrected chi connectivity index (χ2v) is 5.09. The molecule has 17 heavy (non-hydrogen) atoms. The first-order valence-electron chi connectivity index (χ1n) is 6.06. The lowest BCUT2D eigenvalue weighted by Crippen LogP contribution is -2.59. The quantitative estimate of drug-likeness (QED) is 0.830. The molecular formula is C12H20N4O. The van der Waals surface area contributed by atoms with Gasteiger partial charge in [-0.2, -0.15) is 0 Å². The van der Waals surface area contributed by atoms with Crippen LogP contribution in [0.2, 0.25) is 0 Å². The van der Waals surface area contributed by atoms with Gasteiger partial charge in [-0.3, -0.25) is 4.79 Å². The molecule has 1 saturated heterocycles. The van der Waals surface area contributed by atoms with E-state index in [1.165, 1.54) is 0 Å². The zero-order valence-corrected chi connectivity index (χ0v) is 10.5. The number of nitrogens with one attached hydrogen (secondary N) is 1. The third-order valence-corrected chi connectivity index (χ3v) is 3.24. The standard InChI is InChI=1S/C12H20N4O/c1-12(2)9-13-5-8-16(12)11(17)3-6-15-7-4-14-10-15/h4,7,10,13H,3,5-6,8-9H2,1-2H3. The van der Waals surface area contributed by atoms with Crippen LogP contribution < -0.4 is 5.32 Å². The van der Waals surface area contributed by atoms with Crippen molar-refractivity contribution < 1.29 is 4.79 Å². The summed E-state index contributed by atoms with van der Waals surface area (Å²) in [5.41, 5.74) is -0.0791. The average molecular weight is 236 g/mol. The molecule has 94 valence electrons. The van der Waals surface area contributed by atoms with Crippen molar-refractivity contribution in [2.24, 2.45) is 0 Å². The number of rotatable bonds is 3. The first-order valence-corrected chi connectivity index (χ1v) is 6.06. The number of aromatic nitrogens is 2. The van der Waals surface area contributed by atoms with E-state index in [-0.39, 0.29) is 11.4 Å². The third kappa shape index (κ3) is 2.85. The first-order chi connectivity index (χ1) is 8.09. The predicted molar refractivity (Wildman–Crippen MR) is 65.5 cm³/mol.